The smallest absolute Gasteiger partial charge is 0.338 e. The first-order chi connectivity index (χ1) is 9.49. The first-order valence-corrected chi connectivity index (χ1v) is 5.38. The second-order valence-corrected chi connectivity index (χ2v) is 3.58. The zero-order chi connectivity index (χ0) is 15.3. The third-order valence-electron chi connectivity index (χ3n) is 2.53. The van der Waals surface area contributed by atoms with Crippen LogP contribution in [0.2, 0.25) is 0 Å². The summed E-state index contributed by atoms with van der Waals surface area (Å²) in [5.41, 5.74) is -0.597. The van der Waals surface area contributed by atoms with E-state index in [-0.39, 0.29) is 22.3 Å². The summed E-state index contributed by atoms with van der Waals surface area (Å²) in [5, 5.41) is 0. The summed E-state index contributed by atoms with van der Waals surface area (Å²) in [6, 6.07) is 2.14. The fourth-order valence-corrected chi connectivity index (χ4v) is 1.56. The van der Waals surface area contributed by atoms with Gasteiger partial charge in [0.2, 0.25) is 0 Å². The summed E-state index contributed by atoms with van der Waals surface area (Å²) in [7, 11) is 3.37. The van der Waals surface area contributed by atoms with E-state index in [2.05, 4.69) is 14.2 Å². The van der Waals surface area contributed by atoms with Crippen LogP contribution in [0.15, 0.2) is 12.1 Å². The molecule has 7 heteroatoms. The number of esters is 3. The molecule has 7 nitrogen and oxygen atoms in total. The van der Waals surface area contributed by atoms with Crippen LogP contribution in [0, 0.1) is 0 Å². The molecule has 0 spiro atoms. The molecular weight excluding hydrogens is 268 g/mol. The number of ether oxygens (including phenoxy) is 3. The van der Waals surface area contributed by atoms with Crippen molar-refractivity contribution in [1.82, 2.24) is 0 Å². The minimum Gasteiger partial charge on any atom is -0.465 e. The molecule has 0 saturated heterocycles. The van der Waals surface area contributed by atoms with Crippen LogP contribution in [-0.2, 0) is 14.2 Å². The van der Waals surface area contributed by atoms with Crippen LogP contribution in [0.1, 0.15) is 41.4 Å². The number of rotatable bonds is 4. The van der Waals surface area contributed by atoms with E-state index in [0.29, 0.717) is 6.29 Å². The van der Waals surface area contributed by atoms with Gasteiger partial charge in [0.05, 0.1) is 38.0 Å². The van der Waals surface area contributed by atoms with E-state index in [9.17, 15) is 19.2 Å². The highest BCUT2D eigenvalue weighted by Crippen LogP contribution is 2.19. The molecule has 20 heavy (non-hydrogen) atoms. The zero-order valence-corrected chi connectivity index (χ0v) is 11.1. The molecular formula is C13H12O7. The Labute approximate surface area is 114 Å². The van der Waals surface area contributed by atoms with Gasteiger partial charge in [-0.25, -0.2) is 14.4 Å². The Balaban J connectivity index is 3.60. The van der Waals surface area contributed by atoms with Crippen molar-refractivity contribution in [1.29, 1.82) is 0 Å². The van der Waals surface area contributed by atoms with Gasteiger partial charge >= 0.3 is 17.9 Å². The molecule has 106 valence electrons. The summed E-state index contributed by atoms with van der Waals surface area (Å²) >= 11 is 0. The van der Waals surface area contributed by atoms with Gasteiger partial charge in [-0.05, 0) is 12.1 Å². The highest BCUT2D eigenvalue weighted by Gasteiger charge is 2.24. The van der Waals surface area contributed by atoms with Crippen molar-refractivity contribution in [2.45, 2.75) is 0 Å². The van der Waals surface area contributed by atoms with Gasteiger partial charge in [0, 0.05) is 5.56 Å². The normalized spacial score (nSPS) is 9.55. The molecule has 1 aromatic rings. The van der Waals surface area contributed by atoms with Crippen LogP contribution < -0.4 is 0 Å². The predicted molar refractivity (Wildman–Crippen MR) is 65.8 cm³/mol. The Hall–Kier alpha value is -2.70. The summed E-state index contributed by atoms with van der Waals surface area (Å²) in [6.45, 7) is 0. The van der Waals surface area contributed by atoms with Gasteiger partial charge in [-0.2, -0.15) is 0 Å². The van der Waals surface area contributed by atoms with E-state index in [0.717, 1.165) is 33.5 Å². The van der Waals surface area contributed by atoms with Crippen LogP contribution in [0.4, 0.5) is 0 Å². The van der Waals surface area contributed by atoms with Crippen molar-refractivity contribution in [2.24, 2.45) is 0 Å². The standard InChI is InChI=1S/C13H12O7/c1-18-11(15)8-5-10(13(17)20-3)9(12(16)19-2)4-7(8)6-14/h4-6H,1-3H3. The number of carbonyl (C=O) groups is 4. The monoisotopic (exact) mass is 280 g/mol. The van der Waals surface area contributed by atoms with Crippen molar-refractivity contribution < 1.29 is 33.4 Å². The third kappa shape index (κ3) is 2.82. The van der Waals surface area contributed by atoms with Crippen LogP contribution in [0.5, 0.6) is 0 Å². The van der Waals surface area contributed by atoms with Gasteiger partial charge in [-0.3, -0.25) is 4.79 Å². The fraction of sp³-hybridized carbons (Fsp3) is 0.231. The first kappa shape index (κ1) is 15.4. The highest BCUT2D eigenvalue weighted by molar-refractivity contribution is 6.08. The topological polar surface area (TPSA) is 96.0 Å². The molecule has 0 amide bonds. The van der Waals surface area contributed by atoms with Gasteiger partial charge in [-0.1, -0.05) is 0 Å². The van der Waals surface area contributed by atoms with E-state index in [1.807, 2.05) is 0 Å². The van der Waals surface area contributed by atoms with E-state index < -0.39 is 17.9 Å². The minimum absolute atomic E-state index is 0.0927. The highest BCUT2D eigenvalue weighted by atomic mass is 16.5. The van der Waals surface area contributed by atoms with Crippen molar-refractivity contribution in [3.05, 3.63) is 34.4 Å². The Kier molecular flexibility index (Phi) is 4.96. The maximum atomic E-state index is 11.6. The largest absolute Gasteiger partial charge is 0.465 e. The Morgan fingerprint density at radius 3 is 1.60 bits per heavy atom. The molecule has 1 rings (SSSR count). The lowest BCUT2D eigenvalue weighted by Gasteiger charge is -2.10. The third-order valence-corrected chi connectivity index (χ3v) is 2.53. The summed E-state index contributed by atoms with van der Waals surface area (Å²) in [4.78, 5) is 45.8. The maximum absolute atomic E-state index is 11.6. The summed E-state index contributed by atoms with van der Waals surface area (Å²) in [5.74, 6) is -2.48. The average Bonchev–Trinajstić information content (AvgIpc) is 2.50. The number of benzene rings is 1. The molecule has 0 N–H and O–H groups in total. The number of carbonyl (C=O) groups excluding carboxylic acids is 4. The number of hydrogen-bond donors (Lipinski definition) is 0. The Morgan fingerprint density at radius 2 is 1.20 bits per heavy atom. The van der Waals surface area contributed by atoms with Crippen LogP contribution in [-0.4, -0.2) is 45.5 Å². The molecule has 0 aromatic heterocycles. The van der Waals surface area contributed by atoms with Crippen LogP contribution in [0.3, 0.4) is 0 Å². The van der Waals surface area contributed by atoms with Gasteiger partial charge < -0.3 is 14.2 Å². The molecule has 0 aliphatic rings. The van der Waals surface area contributed by atoms with Crippen molar-refractivity contribution in [3.8, 4) is 0 Å². The number of aldehydes is 1. The van der Waals surface area contributed by atoms with Crippen molar-refractivity contribution in [2.75, 3.05) is 21.3 Å². The van der Waals surface area contributed by atoms with Crippen molar-refractivity contribution >= 4 is 24.2 Å². The number of methoxy groups -OCH3 is 3. The molecule has 0 heterocycles. The summed E-state index contributed by atoms with van der Waals surface area (Å²) < 4.78 is 13.6. The SMILES string of the molecule is COC(=O)c1cc(C(=O)OC)c(C(=O)OC)cc1C=O. The summed E-state index contributed by atoms with van der Waals surface area (Å²) in [6.07, 6.45) is 0.375. The quantitative estimate of drug-likeness (QED) is 0.458. The van der Waals surface area contributed by atoms with Gasteiger partial charge in [0.25, 0.3) is 0 Å². The van der Waals surface area contributed by atoms with E-state index in [1.54, 1.807) is 0 Å². The zero-order valence-electron chi connectivity index (χ0n) is 11.1. The molecule has 0 bridgehead atoms. The van der Waals surface area contributed by atoms with Gasteiger partial charge in [0.15, 0.2) is 6.29 Å². The maximum Gasteiger partial charge on any atom is 0.338 e. The second-order valence-electron chi connectivity index (χ2n) is 3.58. The van der Waals surface area contributed by atoms with Gasteiger partial charge in [-0.15, -0.1) is 0 Å². The molecule has 0 aliphatic heterocycles. The fourth-order valence-electron chi connectivity index (χ4n) is 1.56. The van der Waals surface area contributed by atoms with Crippen molar-refractivity contribution in [3.63, 3.8) is 0 Å². The molecule has 1 aromatic carbocycles. The predicted octanol–water partition coefficient (Wildman–Crippen LogP) is 0.859. The van der Waals surface area contributed by atoms with Crippen LogP contribution in [0.25, 0.3) is 0 Å². The van der Waals surface area contributed by atoms with Crippen LogP contribution >= 0.6 is 0 Å². The molecule has 0 atom stereocenters. The molecule has 0 fully saturated rings. The molecule has 0 unspecified atom stereocenters. The lowest BCUT2D eigenvalue weighted by atomic mass is 9.98. The minimum atomic E-state index is -0.840. The Morgan fingerprint density at radius 1 is 0.800 bits per heavy atom. The lowest BCUT2D eigenvalue weighted by molar-refractivity contribution is 0.0552. The van der Waals surface area contributed by atoms with E-state index in [1.165, 1.54) is 0 Å². The first-order valence-electron chi connectivity index (χ1n) is 5.38. The lowest BCUT2D eigenvalue weighted by Crippen LogP contribution is -2.16. The number of hydrogen-bond acceptors (Lipinski definition) is 7. The van der Waals surface area contributed by atoms with E-state index >= 15 is 0 Å². The second kappa shape index (κ2) is 6.46. The molecule has 0 saturated carbocycles. The molecule has 0 radical (unpaired) electrons. The van der Waals surface area contributed by atoms with Gasteiger partial charge in [0.1, 0.15) is 0 Å². The molecule has 0 aliphatic carbocycles. The Bertz CT molecular complexity index is 574. The average molecular weight is 280 g/mol. The van der Waals surface area contributed by atoms with E-state index in [4.69, 9.17) is 0 Å².